The van der Waals surface area contributed by atoms with Crippen LogP contribution >= 0.6 is 0 Å². The lowest BCUT2D eigenvalue weighted by Gasteiger charge is -2.29. The van der Waals surface area contributed by atoms with Gasteiger partial charge in [0.2, 0.25) is 0 Å². The van der Waals surface area contributed by atoms with Crippen LogP contribution in [0.4, 0.5) is 0 Å². The minimum atomic E-state index is 0.190. The number of benzene rings is 1. The van der Waals surface area contributed by atoms with Gasteiger partial charge in [0.15, 0.2) is 5.78 Å². The highest BCUT2D eigenvalue weighted by molar-refractivity contribution is 5.97. The van der Waals surface area contributed by atoms with E-state index < -0.39 is 0 Å². The molecule has 0 unspecified atom stereocenters. The summed E-state index contributed by atoms with van der Waals surface area (Å²) in [5.41, 5.74) is 6.68. The lowest BCUT2D eigenvalue weighted by atomic mass is 10.1. The second-order valence-electron chi connectivity index (χ2n) is 4.43. The second-order valence-corrected chi connectivity index (χ2v) is 4.43. The Hall–Kier alpha value is -1.19. The molecule has 0 saturated carbocycles. The molecule has 3 heteroatoms. The third-order valence-corrected chi connectivity index (χ3v) is 3.00. The number of Topliss-reactive ketones (excluding diaryl/α,β-unsaturated/α-hetero) is 1. The number of rotatable bonds is 3. The number of carbonyl (C=O) groups is 1. The maximum atomic E-state index is 11.9. The first-order valence-electron chi connectivity index (χ1n) is 5.82. The zero-order valence-corrected chi connectivity index (χ0v) is 9.43. The topological polar surface area (TPSA) is 46.3 Å². The van der Waals surface area contributed by atoms with Crippen molar-refractivity contribution in [1.29, 1.82) is 0 Å². The Morgan fingerprint density at radius 3 is 2.81 bits per heavy atom. The molecule has 1 fully saturated rings. The molecule has 16 heavy (non-hydrogen) atoms. The molecule has 0 spiro atoms. The molecule has 1 saturated heterocycles. The average molecular weight is 218 g/mol. The van der Waals surface area contributed by atoms with Crippen LogP contribution in [0.1, 0.15) is 23.2 Å². The highest BCUT2D eigenvalue weighted by Crippen LogP contribution is 2.09. The van der Waals surface area contributed by atoms with Crippen LogP contribution in [0.15, 0.2) is 30.3 Å². The normalized spacial score (nSPS) is 21.9. The molecule has 3 nitrogen and oxygen atoms in total. The van der Waals surface area contributed by atoms with E-state index in [1.165, 1.54) is 0 Å². The maximum absolute atomic E-state index is 11.9. The first-order valence-corrected chi connectivity index (χ1v) is 5.82. The Balaban J connectivity index is 1.92. The Morgan fingerprint density at radius 2 is 2.12 bits per heavy atom. The number of hydrogen-bond acceptors (Lipinski definition) is 3. The average Bonchev–Trinajstić information content (AvgIpc) is 2.30. The molecule has 1 heterocycles. The van der Waals surface area contributed by atoms with Crippen molar-refractivity contribution in [2.24, 2.45) is 5.73 Å². The number of nitrogens with zero attached hydrogens (tertiary/aromatic N) is 1. The van der Waals surface area contributed by atoms with Gasteiger partial charge in [-0.05, 0) is 19.4 Å². The number of ketones is 1. The van der Waals surface area contributed by atoms with Gasteiger partial charge in [-0.15, -0.1) is 0 Å². The third-order valence-electron chi connectivity index (χ3n) is 3.00. The molecule has 0 radical (unpaired) electrons. The molecule has 1 aliphatic heterocycles. The van der Waals surface area contributed by atoms with E-state index in [4.69, 9.17) is 5.73 Å². The van der Waals surface area contributed by atoms with Crippen molar-refractivity contribution in [3.8, 4) is 0 Å². The number of carbonyl (C=O) groups excluding carboxylic acids is 1. The first-order chi connectivity index (χ1) is 7.75. The fraction of sp³-hybridized carbons (Fsp3) is 0.462. The predicted octanol–water partition coefficient (Wildman–Crippen LogP) is 1.29. The summed E-state index contributed by atoms with van der Waals surface area (Å²) >= 11 is 0. The Morgan fingerprint density at radius 1 is 1.38 bits per heavy atom. The molecule has 1 aromatic carbocycles. The number of likely N-dealkylation sites (tertiary alicyclic amines) is 1. The van der Waals surface area contributed by atoms with E-state index in [-0.39, 0.29) is 11.8 Å². The molecule has 86 valence electrons. The van der Waals surface area contributed by atoms with Crippen LogP contribution in [0.2, 0.25) is 0 Å². The SMILES string of the molecule is N[C@H]1CCCN(CC(=O)c2ccccc2)C1. The molecule has 0 amide bonds. The van der Waals surface area contributed by atoms with Gasteiger partial charge in [-0.2, -0.15) is 0 Å². The van der Waals surface area contributed by atoms with Gasteiger partial charge in [0.05, 0.1) is 6.54 Å². The lowest BCUT2D eigenvalue weighted by molar-refractivity contribution is 0.0908. The minimum Gasteiger partial charge on any atom is -0.327 e. The van der Waals surface area contributed by atoms with E-state index in [1.54, 1.807) is 0 Å². The molecule has 0 bridgehead atoms. The van der Waals surface area contributed by atoms with Crippen molar-refractivity contribution in [3.63, 3.8) is 0 Å². The van der Waals surface area contributed by atoms with Gasteiger partial charge in [0, 0.05) is 18.2 Å². The molecular formula is C13H18N2O. The minimum absolute atomic E-state index is 0.190. The smallest absolute Gasteiger partial charge is 0.176 e. The van der Waals surface area contributed by atoms with Gasteiger partial charge in [-0.1, -0.05) is 30.3 Å². The van der Waals surface area contributed by atoms with Crippen molar-refractivity contribution < 1.29 is 4.79 Å². The highest BCUT2D eigenvalue weighted by Gasteiger charge is 2.19. The molecule has 2 rings (SSSR count). The molecule has 2 N–H and O–H groups in total. The van der Waals surface area contributed by atoms with Crippen LogP contribution in [0.25, 0.3) is 0 Å². The summed E-state index contributed by atoms with van der Waals surface area (Å²) in [6.07, 6.45) is 2.18. The largest absolute Gasteiger partial charge is 0.327 e. The number of hydrogen-bond donors (Lipinski definition) is 1. The van der Waals surface area contributed by atoms with Crippen molar-refractivity contribution in [1.82, 2.24) is 4.90 Å². The fourth-order valence-corrected chi connectivity index (χ4v) is 2.15. The zero-order chi connectivity index (χ0) is 11.4. The van der Waals surface area contributed by atoms with Gasteiger partial charge >= 0.3 is 0 Å². The fourth-order valence-electron chi connectivity index (χ4n) is 2.15. The van der Waals surface area contributed by atoms with Crippen LogP contribution in [0.3, 0.4) is 0 Å². The molecule has 0 aromatic heterocycles. The molecule has 1 atom stereocenters. The van der Waals surface area contributed by atoms with E-state index in [9.17, 15) is 4.79 Å². The van der Waals surface area contributed by atoms with Gasteiger partial charge in [0.25, 0.3) is 0 Å². The highest BCUT2D eigenvalue weighted by atomic mass is 16.1. The van der Waals surface area contributed by atoms with E-state index >= 15 is 0 Å². The van der Waals surface area contributed by atoms with Gasteiger partial charge in [-0.3, -0.25) is 9.69 Å². The summed E-state index contributed by atoms with van der Waals surface area (Å²) in [7, 11) is 0. The summed E-state index contributed by atoms with van der Waals surface area (Å²) in [6, 6.07) is 9.69. The Bertz CT molecular complexity index is 350. The summed E-state index contributed by atoms with van der Waals surface area (Å²) in [5.74, 6) is 0.190. The van der Waals surface area contributed by atoms with Gasteiger partial charge in [-0.25, -0.2) is 0 Å². The van der Waals surface area contributed by atoms with Crippen LogP contribution in [0, 0.1) is 0 Å². The van der Waals surface area contributed by atoms with Gasteiger partial charge < -0.3 is 5.73 Å². The first kappa shape index (κ1) is 11.3. The summed E-state index contributed by atoms with van der Waals surface area (Å²) in [6.45, 7) is 2.34. The number of piperidine rings is 1. The quantitative estimate of drug-likeness (QED) is 0.778. The summed E-state index contributed by atoms with van der Waals surface area (Å²) in [4.78, 5) is 14.1. The predicted molar refractivity (Wildman–Crippen MR) is 64.4 cm³/mol. The van der Waals surface area contributed by atoms with Crippen molar-refractivity contribution in [3.05, 3.63) is 35.9 Å². The monoisotopic (exact) mass is 218 g/mol. The van der Waals surface area contributed by atoms with E-state index in [0.29, 0.717) is 6.54 Å². The van der Waals surface area contributed by atoms with E-state index in [2.05, 4.69) is 4.90 Å². The molecule has 1 aliphatic rings. The lowest BCUT2D eigenvalue weighted by Crippen LogP contribution is -2.44. The van der Waals surface area contributed by atoms with Crippen molar-refractivity contribution in [2.75, 3.05) is 19.6 Å². The Labute approximate surface area is 96.2 Å². The van der Waals surface area contributed by atoms with Crippen molar-refractivity contribution in [2.45, 2.75) is 18.9 Å². The van der Waals surface area contributed by atoms with Crippen LogP contribution in [-0.2, 0) is 0 Å². The second kappa shape index (κ2) is 5.23. The molecule has 0 aliphatic carbocycles. The number of nitrogens with two attached hydrogens (primary N) is 1. The van der Waals surface area contributed by atoms with Crippen molar-refractivity contribution >= 4 is 5.78 Å². The molecular weight excluding hydrogens is 200 g/mol. The van der Waals surface area contributed by atoms with Crippen LogP contribution in [-0.4, -0.2) is 36.4 Å². The third kappa shape index (κ3) is 2.90. The standard InChI is InChI=1S/C13H18N2O/c14-12-7-4-8-15(9-12)10-13(16)11-5-2-1-3-6-11/h1-3,5-6,12H,4,7-10,14H2/t12-/m0/s1. The van der Waals surface area contributed by atoms with Crippen LogP contribution in [0.5, 0.6) is 0 Å². The Kier molecular flexibility index (Phi) is 3.70. The summed E-state index contributed by atoms with van der Waals surface area (Å²) < 4.78 is 0. The summed E-state index contributed by atoms with van der Waals surface area (Å²) in [5, 5.41) is 0. The van der Waals surface area contributed by atoms with Gasteiger partial charge in [0.1, 0.15) is 0 Å². The molecule has 1 aromatic rings. The zero-order valence-electron chi connectivity index (χ0n) is 9.43. The van der Waals surface area contributed by atoms with E-state index in [1.807, 2.05) is 30.3 Å². The maximum Gasteiger partial charge on any atom is 0.176 e. The van der Waals surface area contributed by atoms with E-state index in [0.717, 1.165) is 31.5 Å². The van der Waals surface area contributed by atoms with Crippen LogP contribution < -0.4 is 5.73 Å².